The number of para-hydroxylation sites is 4. The lowest BCUT2D eigenvalue weighted by Crippen LogP contribution is -2.46. The first-order valence-corrected chi connectivity index (χ1v) is 23.9. The summed E-state index contributed by atoms with van der Waals surface area (Å²) in [5.74, 6) is -0.636. The van der Waals surface area contributed by atoms with Crippen molar-refractivity contribution < 1.29 is 43.3 Å². The molecule has 9 rings (SSSR count). The van der Waals surface area contributed by atoms with Gasteiger partial charge in [0.25, 0.3) is 17.7 Å². The Kier molecular flexibility index (Phi) is 10.7. The molecule has 4 amide bonds. The second-order valence-corrected chi connectivity index (χ2v) is 20.8. The summed E-state index contributed by atoms with van der Waals surface area (Å²) < 4.78 is 18.6. The summed E-state index contributed by atoms with van der Waals surface area (Å²) in [5, 5.41) is 10.0. The molecule has 0 radical (unpaired) electrons. The van der Waals surface area contributed by atoms with Gasteiger partial charge in [0, 0.05) is 41.5 Å². The fraction of sp³-hybridized carbons (Fsp3) is 0.292. The number of nitrogens with zero attached hydrogens (tertiary/aromatic N) is 4. The van der Waals surface area contributed by atoms with Crippen LogP contribution in [0.4, 0.5) is 28.4 Å². The Morgan fingerprint density at radius 1 is 0.758 bits per heavy atom. The van der Waals surface area contributed by atoms with E-state index in [0.29, 0.717) is 45.5 Å². The molecular weight excluding hydrogens is 805 g/mol. The molecule has 13 nitrogen and oxygen atoms in total. The van der Waals surface area contributed by atoms with E-state index in [1.807, 2.05) is 110 Å². The standard InChI is InChI=1S/C48H48N4O9Si/c1-31-46(62(2,3)58)42(26-43(54)49(22-23-53)27-32-12-5-4-6-13-32)61-48(31)36-25-35(52-39-17-8-10-19-41(39)60-30-45(52)56)20-21-37(36)50(47(48)57)28-33-14-11-15-34(24-33)51-38-16-7-9-18-40(38)59-29-44(51)55/h4-21,24-25,31,42,46,53,58H,22-23,26-30H2,1-3H3/t31-,42+,46-,48+/m0/s1. The number of ether oxygens (including phenoxy) is 3. The third kappa shape index (κ3) is 7.12. The number of rotatable bonds is 11. The molecular formula is C48H48N4O9Si. The van der Waals surface area contributed by atoms with Crippen LogP contribution in [0.3, 0.4) is 0 Å². The normalized spacial score (nSPS) is 21.7. The summed E-state index contributed by atoms with van der Waals surface area (Å²) in [4.78, 5) is 75.3. The van der Waals surface area contributed by atoms with Crippen LogP contribution in [0.25, 0.3) is 0 Å². The maximum atomic E-state index is 15.6. The zero-order valence-electron chi connectivity index (χ0n) is 34.8. The minimum Gasteiger partial charge on any atom is -0.482 e. The second kappa shape index (κ2) is 16.2. The number of aliphatic hydroxyl groups is 1. The predicted molar refractivity (Wildman–Crippen MR) is 235 cm³/mol. The van der Waals surface area contributed by atoms with E-state index in [1.54, 1.807) is 50.9 Å². The summed E-state index contributed by atoms with van der Waals surface area (Å²) in [6.45, 7) is 5.45. The van der Waals surface area contributed by atoms with Crippen LogP contribution in [0.2, 0.25) is 18.6 Å². The smallest absolute Gasteiger partial charge is 0.269 e. The molecule has 4 aliphatic rings. The predicted octanol–water partition coefficient (Wildman–Crippen LogP) is 6.56. The first-order chi connectivity index (χ1) is 29.9. The molecule has 2 N–H and O–H groups in total. The summed E-state index contributed by atoms with van der Waals surface area (Å²) in [5.41, 5.74) is 2.80. The highest BCUT2D eigenvalue weighted by Gasteiger charge is 2.66. The monoisotopic (exact) mass is 852 g/mol. The molecule has 1 fully saturated rings. The minimum atomic E-state index is -3.20. The van der Waals surface area contributed by atoms with Crippen molar-refractivity contribution in [1.82, 2.24) is 4.90 Å². The van der Waals surface area contributed by atoms with Gasteiger partial charge in [-0.25, -0.2) is 0 Å². The van der Waals surface area contributed by atoms with Crippen LogP contribution >= 0.6 is 0 Å². The van der Waals surface area contributed by atoms with E-state index in [0.717, 1.165) is 11.1 Å². The number of fused-ring (bicyclic) bond motifs is 4. The van der Waals surface area contributed by atoms with E-state index in [9.17, 15) is 24.3 Å². The maximum Gasteiger partial charge on any atom is 0.269 e. The van der Waals surface area contributed by atoms with Crippen molar-refractivity contribution in [3.8, 4) is 11.5 Å². The minimum absolute atomic E-state index is 0.0976. The third-order valence-electron chi connectivity index (χ3n) is 12.5. The van der Waals surface area contributed by atoms with E-state index in [-0.39, 0.29) is 69.5 Å². The number of hydrogen-bond donors (Lipinski definition) is 2. The molecule has 0 bridgehead atoms. The molecule has 14 heteroatoms. The van der Waals surface area contributed by atoms with Crippen LogP contribution in [0.5, 0.6) is 11.5 Å². The largest absolute Gasteiger partial charge is 0.482 e. The molecule has 62 heavy (non-hydrogen) atoms. The molecule has 0 unspecified atom stereocenters. The van der Waals surface area contributed by atoms with Gasteiger partial charge in [0.15, 0.2) is 27.1 Å². The highest BCUT2D eigenvalue weighted by molar-refractivity contribution is 6.71. The fourth-order valence-electron chi connectivity index (χ4n) is 9.83. The van der Waals surface area contributed by atoms with Gasteiger partial charge in [-0.1, -0.05) is 73.7 Å². The number of hydrogen-bond acceptors (Lipinski definition) is 9. The van der Waals surface area contributed by atoms with Gasteiger partial charge in [0.1, 0.15) is 11.5 Å². The molecule has 4 aliphatic heterocycles. The summed E-state index contributed by atoms with van der Waals surface area (Å²) in [7, 11) is -3.20. The molecule has 4 heterocycles. The first kappa shape index (κ1) is 41.1. The van der Waals surface area contributed by atoms with Gasteiger partial charge in [-0.05, 0) is 78.8 Å². The van der Waals surface area contributed by atoms with Crippen LogP contribution in [0, 0.1) is 5.92 Å². The van der Waals surface area contributed by atoms with Crippen LogP contribution in [-0.4, -0.2) is 79.2 Å². The maximum absolute atomic E-state index is 15.6. The van der Waals surface area contributed by atoms with Gasteiger partial charge in [0.2, 0.25) is 5.91 Å². The van der Waals surface area contributed by atoms with E-state index in [4.69, 9.17) is 14.2 Å². The molecule has 0 aliphatic carbocycles. The molecule has 318 valence electrons. The number of benzene rings is 5. The Balaban J connectivity index is 1.12. The average Bonchev–Trinajstić information content (AvgIpc) is 3.69. The highest BCUT2D eigenvalue weighted by Crippen LogP contribution is 2.60. The van der Waals surface area contributed by atoms with Gasteiger partial charge in [0.05, 0.1) is 42.7 Å². The van der Waals surface area contributed by atoms with Crippen molar-refractivity contribution in [2.75, 3.05) is 41.1 Å². The topological polar surface area (TPSA) is 149 Å². The first-order valence-electron chi connectivity index (χ1n) is 20.9. The molecule has 0 aromatic heterocycles. The van der Waals surface area contributed by atoms with Gasteiger partial charge < -0.3 is 33.9 Å². The van der Waals surface area contributed by atoms with Gasteiger partial charge >= 0.3 is 0 Å². The highest BCUT2D eigenvalue weighted by atomic mass is 28.4. The van der Waals surface area contributed by atoms with Gasteiger partial charge in [-0.3, -0.25) is 29.0 Å². The molecule has 4 atom stereocenters. The van der Waals surface area contributed by atoms with Crippen molar-refractivity contribution in [2.24, 2.45) is 5.92 Å². The summed E-state index contributed by atoms with van der Waals surface area (Å²) >= 11 is 0. The van der Waals surface area contributed by atoms with Crippen molar-refractivity contribution >= 4 is 60.4 Å². The number of carbonyl (C=O) groups excluding carboxylic acids is 4. The van der Waals surface area contributed by atoms with E-state index in [2.05, 4.69) is 0 Å². The number of aliphatic hydroxyl groups excluding tert-OH is 1. The number of carbonyl (C=O) groups is 4. The Morgan fingerprint density at radius 2 is 1.35 bits per heavy atom. The zero-order valence-corrected chi connectivity index (χ0v) is 35.8. The Hall–Kier alpha value is -6.32. The lowest BCUT2D eigenvalue weighted by molar-refractivity contribution is -0.150. The van der Waals surface area contributed by atoms with Crippen LogP contribution in [-0.2, 0) is 42.6 Å². The summed E-state index contributed by atoms with van der Waals surface area (Å²) in [6, 6.07) is 37.0. The Labute approximate surface area is 360 Å². The molecule has 5 aromatic carbocycles. The average molecular weight is 853 g/mol. The Bertz CT molecular complexity index is 2570. The van der Waals surface area contributed by atoms with Crippen molar-refractivity contribution in [3.63, 3.8) is 0 Å². The quantitative estimate of drug-likeness (QED) is 0.141. The number of anilines is 5. The van der Waals surface area contributed by atoms with E-state index < -0.39 is 31.5 Å². The molecule has 1 saturated heterocycles. The SMILES string of the molecule is C[C@H]1[C@H]([Si](C)(C)O)[C@@H](CC(=O)N(CCO)Cc2ccccc2)O[C@]12C(=O)N(Cc1cccc(N3C(=O)COc4ccccc43)c1)c1ccc(N3C(=O)COc4ccccc43)cc12. The molecule has 5 aromatic rings. The molecule has 1 spiro atoms. The van der Waals surface area contributed by atoms with Gasteiger partial charge in [-0.2, -0.15) is 0 Å². The number of amides is 4. The van der Waals surface area contributed by atoms with E-state index in [1.165, 1.54) is 0 Å². The van der Waals surface area contributed by atoms with Crippen molar-refractivity contribution in [1.29, 1.82) is 0 Å². The molecule has 0 saturated carbocycles. The lowest BCUT2D eigenvalue weighted by atomic mass is 9.82. The van der Waals surface area contributed by atoms with Crippen molar-refractivity contribution in [2.45, 2.75) is 56.8 Å². The van der Waals surface area contributed by atoms with Crippen LogP contribution < -0.4 is 24.2 Å². The van der Waals surface area contributed by atoms with Crippen molar-refractivity contribution in [3.05, 3.63) is 138 Å². The fourth-order valence-corrected chi connectivity index (χ4v) is 12.4. The summed E-state index contributed by atoms with van der Waals surface area (Å²) in [6.07, 6.45) is -0.988. The van der Waals surface area contributed by atoms with Crippen LogP contribution in [0.1, 0.15) is 30.0 Å². The van der Waals surface area contributed by atoms with Gasteiger partial charge in [-0.15, -0.1) is 0 Å². The lowest BCUT2D eigenvalue weighted by Gasteiger charge is -2.33. The van der Waals surface area contributed by atoms with Crippen LogP contribution in [0.15, 0.2) is 121 Å². The third-order valence-corrected chi connectivity index (χ3v) is 15.0. The Morgan fingerprint density at radius 3 is 1.98 bits per heavy atom. The van der Waals surface area contributed by atoms with E-state index >= 15 is 4.79 Å². The zero-order chi connectivity index (χ0) is 43.3. The second-order valence-electron chi connectivity index (χ2n) is 16.8.